The quantitative estimate of drug-likeness (QED) is 0.907. The van der Waals surface area contributed by atoms with Crippen molar-refractivity contribution in [2.24, 2.45) is 17.8 Å². The number of methoxy groups -OCH3 is 2. The summed E-state index contributed by atoms with van der Waals surface area (Å²) < 4.78 is 10.9. The Morgan fingerprint density at radius 1 is 1.00 bits per heavy atom. The number of nitrogens with two attached hydrogens (primary N) is 1. The summed E-state index contributed by atoms with van der Waals surface area (Å²) in [6.45, 7) is 1.03. The molecule has 2 N–H and O–H groups in total. The SMILES string of the molecule is COc1ccc(C[NH2+]C23CC4CC(CC(C4)C2)C3)c(OC)c1. The minimum absolute atomic E-state index is 0.527. The van der Waals surface area contributed by atoms with Gasteiger partial charge < -0.3 is 14.8 Å². The van der Waals surface area contributed by atoms with E-state index in [1.807, 2.05) is 12.1 Å². The molecular formula is C19H28NO2+. The highest BCUT2D eigenvalue weighted by Gasteiger charge is 2.53. The molecule has 0 amide bonds. The first-order valence-electron chi connectivity index (χ1n) is 8.75. The van der Waals surface area contributed by atoms with Crippen molar-refractivity contribution in [1.29, 1.82) is 0 Å². The van der Waals surface area contributed by atoms with Gasteiger partial charge in [0.05, 0.1) is 19.8 Å². The van der Waals surface area contributed by atoms with Gasteiger partial charge in [-0.2, -0.15) is 0 Å². The summed E-state index contributed by atoms with van der Waals surface area (Å²) in [7, 11) is 3.46. The number of hydrogen-bond donors (Lipinski definition) is 1. The van der Waals surface area contributed by atoms with Crippen molar-refractivity contribution in [3.63, 3.8) is 0 Å². The van der Waals surface area contributed by atoms with Gasteiger partial charge in [-0.05, 0) is 49.1 Å². The zero-order chi connectivity index (χ0) is 15.2. The van der Waals surface area contributed by atoms with Crippen LogP contribution in [0.25, 0.3) is 0 Å². The second-order valence-electron chi connectivity index (χ2n) is 7.87. The Kier molecular flexibility index (Phi) is 3.56. The van der Waals surface area contributed by atoms with E-state index in [9.17, 15) is 0 Å². The van der Waals surface area contributed by atoms with Gasteiger partial charge in [0.2, 0.25) is 0 Å². The van der Waals surface area contributed by atoms with Gasteiger partial charge in [-0.25, -0.2) is 0 Å². The normalized spacial score (nSPS) is 35.6. The molecule has 4 aliphatic carbocycles. The van der Waals surface area contributed by atoms with Gasteiger partial charge >= 0.3 is 0 Å². The molecule has 0 saturated heterocycles. The largest absolute Gasteiger partial charge is 0.497 e. The zero-order valence-electron chi connectivity index (χ0n) is 13.8. The van der Waals surface area contributed by atoms with Gasteiger partial charge in [-0.3, -0.25) is 0 Å². The van der Waals surface area contributed by atoms with Gasteiger partial charge in [0.15, 0.2) is 0 Å². The number of rotatable bonds is 5. The molecule has 22 heavy (non-hydrogen) atoms. The van der Waals surface area contributed by atoms with Crippen LogP contribution in [-0.4, -0.2) is 19.8 Å². The number of quaternary nitrogens is 1. The lowest BCUT2D eigenvalue weighted by Gasteiger charge is -2.54. The molecule has 5 rings (SSSR count). The maximum atomic E-state index is 5.56. The van der Waals surface area contributed by atoms with E-state index in [0.29, 0.717) is 5.54 Å². The smallest absolute Gasteiger partial charge is 0.131 e. The van der Waals surface area contributed by atoms with E-state index in [0.717, 1.165) is 35.8 Å². The lowest BCUT2D eigenvalue weighted by atomic mass is 9.53. The van der Waals surface area contributed by atoms with Gasteiger partial charge in [-0.1, -0.05) is 0 Å². The number of ether oxygens (including phenoxy) is 2. The predicted molar refractivity (Wildman–Crippen MR) is 86.1 cm³/mol. The Labute approximate surface area is 133 Å². The maximum Gasteiger partial charge on any atom is 0.131 e. The fourth-order valence-corrected chi connectivity index (χ4v) is 5.77. The predicted octanol–water partition coefficient (Wildman–Crippen LogP) is 2.74. The van der Waals surface area contributed by atoms with Crippen LogP contribution in [0.15, 0.2) is 18.2 Å². The molecule has 0 atom stereocenters. The van der Waals surface area contributed by atoms with Crippen molar-refractivity contribution in [3.05, 3.63) is 23.8 Å². The molecule has 0 heterocycles. The van der Waals surface area contributed by atoms with E-state index in [-0.39, 0.29) is 0 Å². The van der Waals surface area contributed by atoms with Crippen LogP contribution in [0.5, 0.6) is 11.5 Å². The van der Waals surface area contributed by atoms with E-state index in [2.05, 4.69) is 11.4 Å². The molecule has 1 aromatic rings. The summed E-state index contributed by atoms with van der Waals surface area (Å²) in [6.07, 6.45) is 8.86. The van der Waals surface area contributed by atoms with Crippen LogP contribution in [0.3, 0.4) is 0 Å². The molecule has 120 valence electrons. The molecular weight excluding hydrogens is 274 g/mol. The molecule has 0 unspecified atom stereocenters. The summed E-state index contributed by atoms with van der Waals surface area (Å²) in [4.78, 5) is 0. The average Bonchev–Trinajstić information content (AvgIpc) is 2.51. The first-order chi connectivity index (χ1) is 10.7. The molecule has 1 aromatic carbocycles. The van der Waals surface area contributed by atoms with Crippen molar-refractivity contribution in [2.45, 2.75) is 50.6 Å². The third-order valence-electron chi connectivity index (χ3n) is 6.33. The maximum absolute atomic E-state index is 5.56. The van der Waals surface area contributed by atoms with E-state index < -0.39 is 0 Å². The minimum atomic E-state index is 0.527. The number of hydrogen-bond acceptors (Lipinski definition) is 2. The fraction of sp³-hybridized carbons (Fsp3) is 0.684. The Balaban J connectivity index is 1.48. The minimum Gasteiger partial charge on any atom is -0.497 e. The monoisotopic (exact) mass is 302 g/mol. The third kappa shape index (κ3) is 2.50. The Hall–Kier alpha value is -1.22. The van der Waals surface area contributed by atoms with Crippen molar-refractivity contribution in [1.82, 2.24) is 0 Å². The topological polar surface area (TPSA) is 35.1 Å². The van der Waals surface area contributed by atoms with Gasteiger partial charge in [0.1, 0.15) is 18.0 Å². The zero-order valence-corrected chi connectivity index (χ0v) is 13.8. The lowest BCUT2D eigenvalue weighted by Crippen LogP contribution is -2.97. The highest BCUT2D eigenvalue weighted by molar-refractivity contribution is 5.40. The van der Waals surface area contributed by atoms with Crippen molar-refractivity contribution in [3.8, 4) is 11.5 Å². The van der Waals surface area contributed by atoms with E-state index in [1.165, 1.54) is 44.1 Å². The molecule has 4 fully saturated rings. The van der Waals surface area contributed by atoms with E-state index in [4.69, 9.17) is 9.47 Å². The van der Waals surface area contributed by atoms with Gasteiger partial charge in [-0.15, -0.1) is 0 Å². The molecule has 0 aromatic heterocycles. The van der Waals surface area contributed by atoms with Crippen LogP contribution in [0.2, 0.25) is 0 Å². The summed E-state index contributed by atoms with van der Waals surface area (Å²) >= 11 is 0. The van der Waals surface area contributed by atoms with Crippen LogP contribution >= 0.6 is 0 Å². The molecule has 3 heteroatoms. The molecule has 0 radical (unpaired) electrons. The molecule has 0 spiro atoms. The van der Waals surface area contributed by atoms with Crippen LogP contribution in [0.1, 0.15) is 44.1 Å². The summed E-state index contributed by atoms with van der Waals surface area (Å²) in [5.41, 5.74) is 1.82. The highest BCUT2D eigenvalue weighted by Crippen LogP contribution is 2.54. The Morgan fingerprint density at radius 3 is 2.18 bits per heavy atom. The highest BCUT2D eigenvalue weighted by atomic mass is 16.5. The summed E-state index contributed by atoms with van der Waals surface area (Å²) in [5.74, 6) is 4.87. The Morgan fingerprint density at radius 2 is 1.64 bits per heavy atom. The molecule has 3 nitrogen and oxygen atoms in total. The van der Waals surface area contributed by atoms with Crippen molar-refractivity contribution in [2.75, 3.05) is 14.2 Å². The second-order valence-corrected chi connectivity index (χ2v) is 7.87. The first-order valence-corrected chi connectivity index (χ1v) is 8.75. The van der Waals surface area contributed by atoms with E-state index >= 15 is 0 Å². The van der Waals surface area contributed by atoms with Crippen LogP contribution < -0.4 is 14.8 Å². The van der Waals surface area contributed by atoms with Crippen LogP contribution in [0, 0.1) is 17.8 Å². The summed E-state index contributed by atoms with van der Waals surface area (Å²) in [5, 5.41) is 2.64. The van der Waals surface area contributed by atoms with Gasteiger partial charge in [0, 0.05) is 30.9 Å². The lowest BCUT2D eigenvalue weighted by molar-refractivity contribution is -0.752. The average molecular weight is 302 g/mol. The second kappa shape index (κ2) is 5.45. The van der Waals surface area contributed by atoms with Crippen LogP contribution in [0.4, 0.5) is 0 Å². The molecule has 0 aliphatic heterocycles. The molecule has 4 saturated carbocycles. The van der Waals surface area contributed by atoms with Crippen molar-refractivity contribution < 1.29 is 14.8 Å². The Bertz CT molecular complexity index is 519. The first kappa shape index (κ1) is 14.4. The van der Waals surface area contributed by atoms with Gasteiger partial charge in [0.25, 0.3) is 0 Å². The molecule has 4 aliphatic rings. The summed E-state index contributed by atoms with van der Waals surface area (Å²) in [6, 6.07) is 6.21. The van der Waals surface area contributed by atoms with E-state index in [1.54, 1.807) is 14.2 Å². The van der Waals surface area contributed by atoms with Crippen molar-refractivity contribution >= 4 is 0 Å². The molecule has 4 bridgehead atoms. The standard InChI is InChI=1S/C19H27NO2/c1-21-17-4-3-16(18(8-17)22-2)12-20-19-9-13-5-14(10-19)7-15(6-13)11-19/h3-4,8,13-15,20H,5-7,9-12H2,1-2H3/p+1. The van der Waals surface area contributed by atoms with Crippen LogP contribution in [-0.2, 0) is 6.54 Å². The number of benzene rings is 1. The fourth-order valence-electron chi connectivity index (χ4n) is 5.77. The third-order valence-corrected chi connectivity index (χ3v) is 6.33.